The third kappa shape index (κ3) is 7.15. The van der Waals surface area contributed by atoms with E-state index in [1.54, 1.807) is 67.6 Å². The Morgan fingerprint density at radius 3 is 2.30 bits per heavy atom. The lowest BCUT2D eigenvalue weighted by Gasteiger charge is -2.15. The molecule has 192 valence electrons. The van der Waals surface area contributed by atoms with Gasteiger partial charge in [0.1, 0.15) is 11.6 Å². The highest BCUT2D eigenvalue weighted by molar-refractivity contribution is 6.11. The molecule has 4 N–H and O–H groups in total. The number of methoxy groups -OCH3 is 1. The van der Waals surface area contributed by atoms with Crippen LogP contribution in [-0.4, -0.2) is 50.8 Å². The molecule has 3 aromatic carbocycles. The first-order valence-corrected chi connectivity index (χ1v) is 11.3. The molecule has 3 aromatic rings. The molecule has 0 aliphatic rings. The number of amides is 1. The van der Waals surface area contributed by atoms with Crippen molar-refractivity contribution in [2.75, 3.05) is 32.4 Å². The van der Waals surface area contributed by atoms with Crippen molar-refractivity contribution < 1.29 is 33.3 Å². The summed E-state index contributed by atoms with van der Waals surface area (Å²) in [5.41, 5.74) is 7.79. The summed E-state index contributed by atoms with van der Waals surface area (Å²) < 4.78 is 20.4. The summed E-state index contributed by atoms with van der Waals surface area (Å²) in [6.45, 7) is 1.35. The van der Waals surface area contributed by atoms with Crippen molar-refractivity contribution >= 4 is 29.4 Å². The van der Waals surface area contributed by atoms with Gasteiger partial charge in [-0.15, -0.1) is 0 Å². The van der Waals surface area contributed by atoms with Gasteiger partial charge >= 0.3 is 11.9 Å². The Morgan fingerprint density at radius 2 is 1.62 bits per heavy atom. The quantitative estimate of drug-likeness (QED) is 0.155. The molecule has 37 heavy (non-hydrogen) atoms. The van der Waals surface area contributed by atoms with Gasteiger partial charge in [0.15, 0.2) is 13.4 Å². The lowest BCUT2D eigenvalue weighted by molar-refractivity contribution is -0.145. The highest BCUT2D eigenvalue weighted by Crippen LogP contribution is 2.31. The van der Waals surface area contributed by atoms with E-state index in [9.17, 15) is 14.4 Å². The number of nitrogens with one attached hydrogen (secondary N) is 2. The predicted molar refractivity (Wildman–Crippen MR) is 137 cm³/mol. The van der Waals surface area contributed by atoms with Gasteiger partial charge in [-0.2, -0.15) is 0 Å². The Bertz CT molecular complexity index is 1290. The minimum Gasteiger partial charge on any atom is -0.482 e. The van der Waals surface area contributed by atoms with Crippen molar-refractivity contribution in [1.82, 2.24) is 0 Å². The van der Waals surface area contributed by atoms with Crippen molar-refractivity contribution in [2.24, 2.45) is 5.73 Å². The first kappa shape index (κ1) is 26.9. The van der Waals surface area contributed by atoms with E-state index >= 15 is 0 Å². The second-order valence-electron chi connectivity index (χ2n) is 7.63. The molecule has 10 nitrogen and oxygen atoms in total. The maximum atomic E-state index is 13.4. The first-order valence-electron chi connectivity index (χ1n) is 11.3. The van der Waals surface area contributed by atoms with Gasteiger partial charge in [0.25, 0.3) is 5.91 Å². The van der Waals surface area contributed by atoms with Crippen LogP contribution in [0.2, 0.25) is 0 Å². The Morgan fingerprint density at radius 1 is 0.919 bits per heavy atom. The summed E-state index contributed by atoms with van der Waals surface area (Å²) in [5.74, 6) is -1.50. The number of esters is 2. The van der Waals surface area contributed by atoms with Crippen LogP contribution in [0.5, 0.6) is 5.75 Å². The van der Waals surface area contributed by atoms with Gasteiger partial charge in [-0.1, -0.05) is 18.2 Å². The van der Waals surface area contributed by atoms with Gasteiger partial charge in [-0.3, -0.25) is 10.2 Å². The molecule has 0 spiro atoms. The Balaban J connectivity index is 2.00. The largest absolute Gasteiger partial charge is 0.482 e. The fourth-order valence-electron chi connectivity index (χ4n) is 3.40. The number of ether oxygens (including phenoxy) is 4. The number of amidine groups is 1. The van der Waals surface area contributed by atoms with Gasteiger partial charge in [-0.05, 0) is 66.6 Å². The molecule has 0 saturated carbocycles. The molecule has 0 aliphatic heterocycles. The monoisotopic (exact) mass is 505 g/mol. The van der Waals surface area contributed by atoms with Crippen molar-refractivity contribution in [1.29, 1.82) is 5.41 Å². The minimum absolute atomic E-state index is 0.0939. The van der Waals surface area contributed by atoms with Crippen LogP contribution >= 0.6 is 0 Å². The normalized spacial score (nSPS) is 10.3. The first-order chi connectivity index (χ1) is 17.8. The molecule has 1 amide bonds. The van der Waals surface area contributed by atoms with Crippen LogP contribution in [0, 0.1) is 5.41 Å². The molecule has 0 aromatic heterocycles. The zero-order chi connectivity index (χ0) is 26.8. The standard InChI is InChI=1S/C27H27N3O7/c1-3-35-24(31)15-36-19-12-13-21(20-6-4-5-7-22(20)27(33)37-16-34-2)23(14-19)26(32)30-18-10-8-17(9-11-18)25(28)29/h4-14H,3,15-16H2,1-2H3,(H3,28,29)(H,30,32). The number of nitrogens with two attached hydrogens (primary N) is 1. The second kappa shape index (κ2) is 12.8. The fraction of sp³-hybridized carbons (Fsp3) is 0.185. The van der Waals surface area contributed by atoms with E-state index in [0.29, 0.717) is 22.4 Å². The molecule has 0 atom stereocenters. The summed E-state index contributed by atoms with van der Waals surface area (Å²) >= 11 is 0. The number of rotatable bonds is 11. The summed E-state index contributed by atoms with van der Waals surface area (Å²) in [5, 5.41) is 10.3. The zero-order valence-corrected chi connectivity index (χ0v) is 20.4. The molecule has 0 saturated heterocycles. The Kier molecular flexibility index (Phi) is 9.34. The summed E-state index contributed by atoms with van der Waals surface area (Å²) in [4.78, 5) is 37.8. The Labute approximate surface area is 213 Å². The topological polar surface area (TPSA) is 150 Å². The van der Waals surface area contributed by atoms with Crippen LogP contribution < -0.4 is 15.8 Å². The van der Waals surface area contributed by atoms with E-state index in [-0.39, 0.29) is 42.7 Å². The smallest absolute Gasteiger partial charge is 0.344 e. The molecule has 0 aliphatic carbocycles. The molecule has 3 rings (SSSR count). The number of anilines is 1. The van der Waals surface area contributed by atoms with Crippen LogP contribution in [0.25, 0.3) is 11.1 Å². The average Bonchev–Trinajstić information content (AvgIpc) is 2.91. The molecule has 0 unspecified atom stereocenters. The second-order valence-corrected chi connectivity index (χ2v) is 7.63. The SMILES string of the molecule is CCOC(=O)COc1ccc(-c2ccccc2C(=O)OCOC)c(C(=O)Nc2ccc(C(=N)N)cc2)c1. The van der Waals surface area contributed by atoms with E-state index in [4.69, 9.17) is 30.1 Å². The molecule has 10 heteroatoms. The van der Waals surface area contributed by atoms with E-state index in [1.807, 2.05) is 0 Å². The fourth-order valence-corrected chi connectivity index (χ4v) is 3.40. The lowest BCUT2D eigenvalue weighted by atomic mass is 9.94. The van der Waals surface area contributed by atoms with Crippen molar-refractivity contribution in [3.8, 4) is 16.9 Å². The van der Waals surface area contributed by atoms with Crippen LogP contribution in [0.15, 0.2) is 66.7 Å². The third-order valence-electron chi connectivity index (χ3n) is 5.10. The third-order valence-corrected chi connectivity index (χ3v) is 5.10. The zero-order valence-electron chi connectivity index (χ0n) is 20.4. The number of hydrogen-bond donors (Lipinski definition) is 3. The highest BCUT2D eigenvalue weighted by atomic mass is 16.7. The van der Waals surface area contributed by atoms with Gasteiger partial charge in [0.2, 0.25) is 0 Å². The van der Waals surface area contributed by atoms with Crippen molar-refractivity contribution in [3.05, 3.63) is 83.4 Å². The molecule has 0 heterocycles. The van der Waals surface area contributed by atoms with E-state index < -0.39 is 17.8 Å². The highest BCUT2D eigenvalue weighted by Gasteiger charge is 2.21. The van der Waals surface area contributed by atoms with E-state index in [0.717, 1.165) is 0 Å². The van der Waals surface area contributed by atoms with E-state index in [2.05, 4.69) is 5.32 Å². The van der Waals surface area contributed by atoms with Gasteiger partial charge < -0.3 is 30.0 Å². The number of carbonyl (C=O) groups excluding carboxylic acids is 3. The van der Waals surface area contributed by atoms with Crippen molar-refractivity contribution in [2.45, 2.75) is 6.92 Å². The predicted octanol–water partition coefficient (Wildman–Crippen LogP) is 3.59. The maximum Gasteiger partial charge on any atom is 0.344 e. The summed E-state index contributed by atoms with van der Waals surface area (Å²) in [6, 6.07) is 17.8. The molecule has 0 radical (unpaired) electrons. The van der Waals surface area contributed by atoms with Gasteiger partial charge in [0.05, 0.1) is 17.7 Å². The number of nitrogen functional groups attached to an aromatic ring is 1. The molecular weight excluding hydrogens is 478 g/mol. The average molecular weight is 506 g/mol. The Hall–Kier alpha value is -4.70. The molecule has 0 bridgehead atoms. The van der Waals surface area contributed by atoms with Gasteiger partial charge in [-0.25, -0.2) is 9.59 Å². The number of benzene rings is 3. The maximum absolute atomic E-state index is 13.4. The van der Waals surface area contributed by atoms with Crippen LogP contribution in [0.1, 0.15) is 33.2 Å². The summed E-state index contributed by atoms with van der Waals surface area (Å²) in [6.07, 6.45) is 0. The van der Waals surface area contributed by atoms with Crippen LogP contribution in [-0.2, 0) is 19.0 Å². The van der Waals surface area contributed by atoms with Crippen LogP contribution in [0.4, 0.5) is 5.69 Å². The minimum atomic E-state index is -0.619. The number of hydrogen-bond acceptors (Lipinski definition) is 8. The number of carbonyl (C=O) groups is 3. The van der Waals surface area contributed by atoms with Crippen LogP contribution in [0.3, 0.4) is 0 Å². The van der Waals surface area contributed by atoms with Crippen molar-refractivity contribution in [3.63, 3.8) is 0 Å². The molecular formula is C27H27N3O7. The lowest BCUT2D eigenvalue weighted by Crippen LogP contribution is -2.17. The summed E-state index contributed by atoms with van der Waals surface area (Å²) in [7, 11) is 1.40. The van der Waals surface area contributed by atoms with E-state index in [1.165, 1.54) is 13.2 Å². The van der Waals surface area contributed by atoms with Gasteiger partial charge in [0, 0.05) is 18.4 Å². The molecule has 0 fully saturated rings.